The Labute approximate surface area is 112 Å². The van der Waals surface area contributed by atoms with E-state index >= 15 is 0 Å². The molecule has 1 amide bonds. The Morgan fingerprint density at radius 3 is 2.70 bits per heavy atom. The molecule has 1 saturated heterocycles. The normalized spacial score (nSPS) is 18.1. The van der Waals surface area contributed by atoms with Crippen molar-refractivity contribution in [1.82, 2.24) is 4.90 Å². The Morgan fingerprint density at radius 1 is 1.45 bits per heavy atom. The molecule has 7 nitrogen and oxygen atoms in total. The molecule has 0 aliphatic carbocycles. The van der Waals surface area contributed by atoms with Crippen LogP contribution in [0.5, 0.6) is 0 Å². The van der Waals surface area contributed by atoms with Crippen LogP contribution < -0.4 is 0 Å². The summed E-state index contributed by atoms with van der Waals surface area (Å²) in [6.45, 7) is 0.158. The Hall–Kier alpha value is -2.51. The van der Waals surface area contributed by atoms with Crippen LogP contribution in [-0.4, -0.2) is 39.9 Å². The fraction of sp³-hybridized carbons (Fsp3) is 0.333. The molecule has 1 unspecified atom stereocenters. The molecule has 1 fully saturated rings. The van der Waals surface area contributed by atoms with E-state index in [1.807, 2.05) is 0 Å². The summed E-state index contributed by atoms with van der Waals surface area (Å²) >= 11 is 0. The second-order valence-corrected chi connectivity index (χ2v) is 4.49. The molecule has 20 heavy (non-hydrogen) atoms. The molecule has 1 atom stereocenters. The number of hydrogen-bond acceptors (Lipinski definition) is 4. The third-order valence-corrected chi connectivity index (χ3v) is 3.21. The quantitative estimate of drug-likeness (QED) is 0.664. The first-order chi connectivity index (χ1) is 9.40. The smallest absolute Gasteiger partial charge is 0.308 e. The number of halogens is 1. The van der Waals surface area contributed by atoms with E-state index in [2.05, 4.69) is 0 Å². The van der Waals surface area contributed by atoms with Crippen molar-refractivity contribution in [2.75, 3.05) is 13.1 Å². The van der Waals surface area contributed by atoms with Gasteiger partial charge >= 0.3 is 5.97 Å². The van der Waals surface area contributed by atoms with Crippen LogP contribution in [0.25, 0.3) is 0 Å². The molecular formula is C12H11FN2O5. The lowest BCUT2D eigenvalue weighted by Gasteiger charge is -2.15. The fourth-order valence-electron chi connectivity index (χ4n) is 2.16. The van der Waals surface area contributed by atoms with Gasteiger partial charge in [0.15, 0.2) is 0 Å². The van der Waals surface area contributed by atoms with Gasteiger partial charge in [0.25, 0.3) is 11.6 Å². The molecule has 0 aromatic heterocycles. The summed E-state index contributed by atoms with van der Waals surface area (Å²) in [5.41, 5.74) is -0.851. The van der Waals surface area contributed by atoms with E-state index in [0.717, 1.165) is 18.2 Å². The van der Waals surface area contributed by atoms with Crippen LogP contribution in [0.3, 0.4) is 0 Å². The summed E-state index contributed by atoms with van der Waals surface area (Å²) in [6.07, 6.45) is 0.282. The SMILES string of the molecule is O=C(O)C1CCN(C(=O)c2cc(F)ccc2[N+](=O)[O-])C1. The predicted octanol–water partition coefficient (Wildman–Crippen LogP) is 1.28. The minimum absolute atomic E-state index is 0.0260. The Balaban J connectivity index is 2.28. The monoisotopic (exact) mass is 282 g/mol. The van der Waals surface area contributed by atoms with Gasteiger partial charge in [-0.1, -0.05) is 0 Å². The van der Waals surface area contributed by atoms with Crippen molar-refractivity contribution in [3.63, 3.8) is 0 Å². The zero-order chi connectivity index (χ0) is 14.9. The molecular weight excluding hydrogens is 271 g/mol. The topological polar surface area (TPSA) is 101 Å². The van der Waals surface area contributed by atoms with Crippen molar-refractivity contribution >= 4 is 17.6 Å². The van der Waals surface area contributed by atoms with E-state index in [0.29, 0.717) is 0 Å². The first kappa shape index (κ1) is 13.9. The number of carbonyl (C=O) groups excluding carboxylic acids is 1. The minimum atomic E-state index is -1.02. The summed E-state index contributed by atoms with van der Waals surface area (Å²) in [5, 5.41) is 19.7. The number of aliphatic carboxylic acids is 1. The second-order valence-electron chi connectivity index (χ2n) is 4.49. The molecule has 1 aromatic carbocycles. The van der Waals surface area contributed by atoms with Crippen LogP contribution in [0.1, 0.15) is 16.8 Å². The highest BCUT2D eigenvalue weighted by Crippen LogP contribution is 2.24. The van der Waals surface area contributed by atoms with Crippen LogP contribution in [0.4, 0.5) is 10.1 Å². The maximum atomic E-state index is 13.2. The first-order valence-corrected chi connectivity index (χ1v) is 5.86. The summed E-state index contributed by atoms with van der Waals surface area (Å²) in [7, 11) is 0. The molecule has 1 aliphatic heterocycles. The summed E-state index contributed by atoms with van der Waals surface area (Å²) in [5.74, 6) is -3.19. The van der Waals surface area contributed by atoms with E-state index in [1.165, 1.54) is 4.90 Å². The van der Waals surface area contributed by atoms with Gasteiger partial charge in [0, 0.05) is 19.2 Å². The zero-order valence-electron chi connectivity index (χ0n) is 10.3. The molecule has 0 saturated carbocycles. The van der Waals surface area contributed by atoms with Crippen LogP contribution >= 0.6 is 0 Å². The summed E-state index contributed by atoms with van der Waals surface area (Å²) < 4.78 is 13.2. The fourth-order valence-corrected chi connectivity index (χ4v) is 2.16. The Morgan fingerprint density at radius 2 is 2.15 bits per heavy atom. The number of benzene rings is 1. The van der Waals surface area contributed by atoms with Gasteiger partial charge in [-0.15, -0.1) is 0 Å². The molecule has 1 heterocycles. The number of nitrogens with zero attached hydrogens (tertiary/aromatic N) is 2. The van der Waals surface area contributed by atoms with Crippen LogP contribution in [0.15, 0.2) is 18.2 Å². The van der Waals surface area contributed by atoms with Crippen molar-refractivity contribution in [3.8, 4) is 0 Å². The molecule has 1 aromatic rings. The number of hydrogen-bond donors (Lipinski definition) is 1. The lowest BCUT2D eigenvalue weighted by atomic mass is 10.1. The molecule has 1 N–H and O–H groups in total. The van der Waals surface area contributed by atoms with Crippen LogP contribution in [0, 0.1) is 21.8 Å². The number of amides is 1. The molecule has 0 bridgehead atoms. The Bertz CT molecular complexity index is 589. The zero-order valence-corrected chi connectivity index (χ0v) is 10.3. The number of carbonyl (C=O) groups is 2. The number of carboxylic acid groups (broad SMARTS) is 1. The van der Waals surface area contributed by atoms with Gasteiger partial charge in [-0.25, -0.2) is 4.39 Å². The van der Waals surface area contributed by atoms with Gasteiger partial charge in [0.05, 0.1) is 10.8 Å². The average molecular weight is 282 g/mol. The van der Waals surface area contributed by atoms with E-state index in [-0.39, 0.29) is 25.1 Å². The van der Waals surface area contributed by atoms with Crippen molar-refractivity contribution < 1.29 is 24.0 Å². The lowest BCUT2D eigenvalue weighted by molar-refractivity contribution is -0.385. The van der Waals surface area contributed by atoms with Gasteiger partial charge in [-0.05, 0) is 18.6 Å². The number of carboxylic acids is 1. The number of rotatable bonds is 3. The van der Waals surface area contributed by atoms with Gasteiger partial charge in [0.1, 0.15) is 11.4 Å². The Kier molecular flexibility index (Phi) is 3.64. The summed E-state index contributed by atoms with van der Waals surface area (Å²) in [6, 6.07) is 2.63. The maximum absolute atomic E-state index is 13.2. The lowest BCUT2D eigenvalue weighted by Crippen LogP contribution is -2.30. The van der Waals surface area contributed by atoms with E-state index in [1.54, 1.807) is 0 Å². The van der Waals surface area contributed by atoms with E-state index < -0.39 is 34.2 Å². The van der Waals surface area contributed by atoms with Crippen molar-refractivity contribution in [2.24, 2.45) is 5.92 Å². The summed E-state index contributed by atoms with van der Waals surface area (Å²) in [4.78, 5) is 34.3. The van der Waals surface area contributed by atoms with Gasteiger partial charge in [0.2, 0.25) is 0 Å². The maximum Gasteiger partial charge on any atom is 0.308 e. The van der Waals surface area contributed by atoms with Crippen molar-refractivity contribution in [2.45, 2.75) is 6.42 Å². The van der Waals surface area contributed by atoms with Crippen molar-refractivity contribution in [3.05, 3.63) is 39.7 Å². The first-order valence-electron chi connectivity index (χ1n) is 5.86. The highest BCUT2D eigenvalue weighted by molar-refractivity contribution is 5.98. The largest absolute Gasteiger partial charge is 0.481 e. The van der Waals surface area contributed by atoms with Crippen LogP contribution in [0.2, 0.25) is 0 Å². The molecule has 0 spiro atoms. The van der Waals surface area contributed by atoms with Crippen LogP contribution in [-0.2, 0) is 4.79 Å². The average Bonchev–Trinajstić information content (AvgIpc) is 2.87. The van der Waals surface area contributed by atoms with Crippen molar-refractivity contribution in [1.29, 1.82) is 0 Å². The third kappa shape index (κ3) is 2.58. The number of likely N-dealkylation sites (tertiary alicyclic amines) is 1. The molecule has 1 aliphatic rings. The molecule has 0 radical (unpaired) electrons. The van der Waals surface area contributed by atoms with Gasteiger partial charge in [-0.2, -0.15) is 0 Å². The van der Waals surface area contributed by atoms with Gasteiger partial charge in [-0.3, -0.25) is 19.7 Å². The third-order valence-electron chi connectivity index (χ3n) is 3.21. The van der Waals surface area contributed by atoms with E-state index in [4.69, 9.17) is 5.11 Å². The molecule has 2 rings (SSSR count). The number of nitro groups is 1. The minimum Gasteiger partial charge on any atom is -0.481 e. The number of nitro benzene ring substituents is 1. The van der Waals surface area contributed by atoms with E-state index in [9.17, 15) is 24.1 Å². The predicted molar refractivity (Wildman–Crippen MR) is 64.7 cm³/mol. The van der Waals surface area contributed by atoms with Gasteiger partial charge < -0.3 is 10.0 Å². The molecule has 8 heteroatoms. The standard InChI is InChI=1S/C12H11FN2O5/c13-8-1-2-10(15(19)20)9(5-8)11(16)14-4-3-7(6-14)12(17)18/h1-2,5,7H,3-4,6H2,(H,17,18). The highest BCUT2D eigenvalue weighted by atomic mass is 19.1. The highest BCUT2D eigenvalue weighted by Gasteiger charge is 2.33. The molecule has 106 valence electrons. The second kappa shape index (κ2) is 5.24.